The molecule has 0 heterocycles. The molecular formula is C17H21F4NO3S. The minimum Gasteiger partial charge on any atom is -0.598 e. The molecule has 1 unspecified atom stereocenters. The number of rotatable bonds is 7. The van der Waals surface area contributed by atoms with Crippen molar-refractivity contribution in [1.29, 1.82) is 0 Å². The average molecular weight is 395 g/mol. The third-order valence-electron chi connectivity index (χ3n) is 3.56. The molecule has 0 aliphatic rings. The maximum absolute atomic E-state index is 15.0. The minimum atomic E-state index is -4.11. The van der Waals surface area contributed by atoms with Crippen LogP contribution in [0.1, 0.15) is 26.3 Å². The van der Waals surface area contributed by atoms with E-state index in [0.717, 1.165) is 19.2 Å². The van der Waals surface area contributed by atoms with Crippen molar-refractivity contribution < 1.29 is 31.6 Å². The number of carbonyl (C=O) groups excluding carboxylic acids is 1. The molecule has 0 fully saturated rings. The molecule has 2 atom stereocenters. The Morgan fingerprint density at radius 3 is 2.35 bits per heavy atom. The number of esters is 1. The molecule has 1 aromatic carbocycles. The molecule has 4 nitrogen and oxygen atoms in total. The van der Waals surface area contributed by atoms with Crippen LogP contribution in [-0.4, -0.2) is 35.0 Å². The zero-order valence-electron chi connectivity index (χ0n) is 14.8. The van der Waals surface area contributed by atoms with Crippen molar-refractivity contribution in [1.82, 2.24) is 4.72 Å². The third kappa shape index (κ3) is 4.77. The largest absolute Gasteiger partial charge is 0.598 e. The van der Waals surface area contributed by atoms with Gasteiger partial charge >= 0.3 is 5.97 Å². The molecule has 0 saturated heterocycles. The maximum Gasteiger partial charge on any atom is 0.330 e. The van der Waals surface area contributed by atoms with Gasteiger partial charge in [-0.3, -0.25) is 0 Å². The summed E-state index contributed by atoms with van der Waals surface area (Å²) in [6.45, 7) is 2.68. The summed E-state index contributed by atoms with van der Waals surface area (Å²) < 4.78 is 75.9. The number of methoxy groups -OCH3 is 1. The van der Waals surface area contributed by atoms with E-state index in [4.69, 9.17) is 0 Å². The van der Waals surface area contributed by atoms with Gasteiger partial charge in [-0.25, -0.2) is 13.6 Å². The number of carbonyl (C=O) groups is 1. The number of benzene rings is 1. The molecule has 0 bridgehead atoms. The van der Waals surface area contributed by atoms with Crippen molar-refractivity contribution >= 4 is 17.3 Å². The Balaban J connectivity index is 3.57. The number of hydrogen-bond acceptors (Lipinski definition) is 4. The Bertz CT molecular complexity index is 664. The molecule has 146 valence electrons. The Hall–Kier alpha value is -1.58. The third-order valence-corrected chi connectivity index (χ3v) is 5.20. The fourth-order valence-corrected chi connectivity index (χ4v) is 2.92. The Morgan fingerprint density at radius 1 is 1.31 bits per heavy atom. The lowest BCUT2D eigenvalue weighted by Gasteiger charge is -2.39. The first-order chi connectivity index (χ1) is 11.9. The lowest BCUT2D eigenvalue weighted by molar-refractivity contribution is -0.135. The lowest BCUT2D eigenvalue weighted by Crippen LogP contribution is -2.61. The van der Waals surface area contributed by atoms with Crippen LogP contribution >= 0.6 is 0 Å². The Labute approximate surface area is 152 Å². The fraction of sp³-hybridized carbons (Fsp3) is 0.471. The van der Waals surface area contributed by atoms with E-state index in [9.17, 15) is 26.9 Å². The van der Waals surface area contributed by atoms with E-state index in [1.54, 1.807) is 0 Å². The van der Waals surface area contributed by atoms with Crippen molar-refractivity contribution in [2.45, 2.75) is 37.0 Å². The molecule has 0 spiro atoms. The van der Waals surface area contributed by atoms with E-state index in [0.29, 0.717) is 6.08 Å². The predicted octanol–water partition coefficient (Wildman–Crippen LogP) is 3.41. The molecule has 1 rings (SSSR count). The second-order valence-electron chi connectivity index (χ2n) is 6.48. The smallest absolute Gasteiger partial charge is 0.330 e. The SMILES string of the molecule is COC(=O)/C=C/C(F)(F)[C@](CF)(N[S+]([O-])C(C)(C)C)c1ccccc1F. The van der Waals surface area contributed by atoms with Gasteiger partial charge in [0.2, 0.25) is 0 Å². The van der Waals surface area contributed by atoms with Gasteiger partial charge in [0.05, 0.1) is 7.11 Å². The highest BCUT2D eigenvalue weighted by molar-refractivity contribution is 7.90. The van der Waals surface area contributed by atoms with Crippen LogP contribution < -0.4 is 4.72 Å². The Kier molecular flexibility index (Phi) is 7.26. The molecule has 1 N–H and O–H groups in total. The highest BCUT2D eigenvalue weighted by Crippen LogP contribution is 2.42. The van der Waals surface area contributed by atoms with Crippen molar-refractivity contribution in [3.63, 3.8) is 0 Å². The second kappa shape index (κ2) is 8.41. The predicted molar refractivity (Wildman–Crippen MR) is 91.2 cm³/mol. The summed E-state index contributed by atoms with van der Waals surface area (Å²) in [6, 6.07) is 4.37. The van der Waals surface area contributed by atoms with Crippen LogP contribution in [-0.2, 0) is 26.4 Å². The lowest BCUT2D eigenvalue weighted by atomic mass is 9.85. The molecule has 0 radical (unpaired) electrons. The van der Waals surface area contributed by atoms with E-state index in [-0.39, 0.29) is 6.08 Å². The molecule has 1 aromatic rings. The van der Waals surface area contributed by atoms with Crippen LogP contribution in [0.15, 0.2) is 36.4 Å². The number of nitrogens with one attached hydrogen (secondary N) is 1. The number of halogens is 4. The van der Waals surface area contributed by atoms with Gasteiger partial charge in [-0.05, 0) is 32.9 Å². The first-order valence-electron chi connectivity index (χ1n) is 7.57. The van der Waals surface area contributed by atoms with Crippen LogP contribution in [0, 0.1) is 5.82 Å². The zero-order chi connectivity index (χ0) is 20.2. The summed E-state index contributed by atoms with van der Waals surface area (Å²) in [6.07, 6.45) is 0.519. The summed E-state index contributed by atoms with van der Waals surface area (Å²) in [5.74, 6) is -6.31. The second-order valence-corrected chi connectivity index (χ2v) is 8.45. The van der Waals surface area contributed by atoms with Crippen molar-refractivity contribution in [2.75, 3.05) is 13.8 Å². The summed E-state index contributed by atoms with van der Waals surface area (Å²) in [4.78, 5) is 11.2. The molecule has 0 aliphatic carbocycles. The van der Waals surface area contributed by atoms with Gasteiger partial charge in [0.15, 0.2) is 5.54 Å². The maximum atomic E-state index is 15.0. The van der Waals surface area contributed by atoms with Gasteiger partial charge in [0, 0.05) is 23.0 Å². The average Bonchev–Trinajstić information content (AvgIpc) is 2.57. The quantitative estimate of drug-likeness (QED) is 0.333. The molecule has 0 aliphatic heterocycles. The van der Waals surface area contributed by atoms with E-state index in [1.807, 2.05) is 0 Å². The molecule has 26 heavy (non-hydrogen) atoms. The number of ether oxygens (including phenoxy) is 1. The topological polar surface area (TPSA) is 61.4 Å². The van der Waals surface area contributed by atoms with Gasteiger partial charge in [0.1, 0.15) is 17.2 Å². The molecule has 0 saturated carbocycles. The first kappa shape index (κ1) is 22.5. The van der Waals surface area contributed by atoms with Crippen LogP contribution in [0.2, 0.25) is 0 Å². The first-order valence-corrected chi connectivity index (χ1v) is 8.72. The molecule has 0 aromatic heterocycles. The van der Waals surface area contributed by atoms with E-state index < -0.39 is 51.6 Å². The van der Waals surface area contributed by atoms with Crippen molar-refractivity contribution in [3.05, 3.63) is 47.8 Å². The summed E-state index contributed by atoms with van der Waals surface area (Å²) in [5.41, 5.74) is -3.69. The van der Waals surface area contributed by atoms with Crippen molar-refractivity contribution in [2.24, 2.45) is 0 Å². The minimum absolute atomic E-state index is 0.109. The van der Waals surface area contributed by atoms with Crippen LogP contribution in [0.3, 0.4) is 0 Å². The summed E-state index contributed by atoms with van der Waals surface area (Å²) >= 11 is -2.16. The molecular weight excluding hydrogens is 374 g/mol. The van der Waals surface area contributed by atoms with Gasteiger partial charge in [-0.15, -0.1) is 4.72 Å². The highest BCUT2D eigenvalue weighted by Gasteiger charge is 2.59. The van der Waals surface area contributed by atoms with Crippen LogP contribution in [0.25, 0.3) is 0 Å². The van der Waals surface area contributed by atoms with E-state index in [2.05, 4.69) is 9.46 Å². The van der Waals surface area contributed by atoms with E-state index in [1.165, 1.54) is 32.9 Å². The van der Waals surface area contributed by atoms with Gasteiger partial charge in [-0.2, -0.15) is 8.78 Å². The van der Waals surface area contributed by atoms with E-state index >= 15 is 0 Å². The monoisotopic (exact) mass is 395 g/mol. The molecule has 0 amide bonds. The Morgan fingerprint density at radius 2 is 1.88 bits per heavy atom. The normalized spacial score (nSPS) is 16.3. The van der Waals surface area contributed by atoms with Crippen molar-refractivity contribution in [3.8, 4) is 0 Å². The number of hydrogen-bond donors (Lipinski definition) is 1. The zero-order valence-corrected chi connectivity index (χ0v) is 15.6. The summed E-state index contributed by atoms with van der Waals surface area (Å²) in [7, 11) is 0.983. The molecule has 9 heteroatoms. The highest BCUT2D eigenvalue weighted by atomic mass is 32.2. The number of alkyl halides is 3. The van der Waals surface area contributed by atoms with Gasteiger partial charge in [0.25, 0.3) is 5.92 Å². The summed E-state index contributed by atoms with van der Waals surface area (Å²) in [5, 5.41) is 0. The van der Waals surface area contributed by atoms with Crippen LogP contribution in [0.5, 0.6) is 0 Å². The van der Waals surface area contributed by atoms with Gasteiger partial charge < -0.3 is 9.29 Å². The fourth-order valence-electron chi connectivity index (χ4n) is 1.99. The van der Waals surface area contributed by atoms with Crippen LogP contribution in [0.4, 0.5) is 17.6 Å². The standard InChI is InChI=1S/C17H21F4NO3S/c1-15(2,3)26(24)22-16(11-18,12-7-5-6-8-13(12)19)17(20,21)10-9-14(23)25-4/h5-10,22H,11H2,1-4H3/b10-9+/t16-,26?/m1/s1. The van der Waals surface area contributed by atoms with Gasteiger partial charge in [-0.1, -0.05) is 18.2 Å².